The van der Waals surface area contributed by atoms with E-state index in [1.807, 2.05) is 49.4 Å². The number of hydrogen-bond acceptors (Lipinski definition) is 6. The first-order valence-corrected chi connectivity index (χ1v) is 8.57. The molecule has 0 aliphatic heterocycles. The number of hydrogen-bond donors (Lipinski definition) is 2. The highest BCUT2D eigenvalue weighted by Crippen LogP contribution is 2.28. The maximum Gasteiger partial charge on any atom is 0.259 e. The van der Waals surface area contributed by atoms with Crippen LogP contribution in [-0.4, -0.2) is 39.5 Å². The van der Waals surface area contributed by atoms with Crippen molar-refractivity contribution in [2.75, 3.05) is 33.2 Å². The fourth-order valence-corrected chi connectivity index (χ4v) is 2.42. The minimum atomic E-state index is -0.239. The molecule has 144 valence electrons. The van der Waals surface area contributed by atoms with Gasteiger partial charge < -0.3 is 19.5 Å². The number of benzene rings is 2. The molecule has 7 heteroatoms. The monoisotopic (exact) mass is 371 g/mol. The number of nitrogens with one attached hydrogen (secondary N) is 2. The quantitative estimate of drug-likeness (QED) is 0.523. The summed E-state index contributed by atoms with van der Waals surface area (Å²) in [5, 5.41) is 7.28. The highest BCUT2D eigenvalue weighted by atomic mass is 16.5. The van der Waals surface area contributed by atoms with Crippen molar-refractivity contribution in [3.8, 4) is 17.2 Å². The molecule has 0 atom stereocenters. The summed E-state index contributed by atoms with van der Waals surface area (Å²) >= 11 is 0. The van der Waals surface area contributed by atoms with Crippen LogP contribution in [0.15, 0.2) is 47.6 Å². The standard InChI is InChI=1S/C20H25N3O4/c1-5-17(14-6-11-18(26-3)19(12-14)27-4)22-23-20(24)13-21-15-7-9-16(25-2)10-8-15/h6-12,21H,5,13H2,1-4H3,(H,23,24)/b22-17+. The molecule has 0 aliphatic carbocycles. The van der Waals surface area contributed by atoms with Crippen molar-refractivity contribution in [1.82, 2.24) is 5.43 Å². The van der Waals surface area contributed by atoms with E-state index in [0.29, 0.717) is 17.9 Å². The second-order valence-corrected chi connectivity index (χ2v) is 5.60. The summed E-state index contributed by atoms with van der Waals surface area (Å²) in [6.45, 7) is 2.08. The van der Waals surface area contributed by atoms with Gasteiger partial charge in [-0.25, -0.2) is 5.43 Å². The van der Waals surface area contributed by atoms with Crippen LogP contribution in [0.4, 0.5) is 5.69 Å². The number of ether oxygens (including phenoxy) is 3. The predicted molar refractivity (Wildman–Crippen MR) is 106 cm³/mol. The van der Waals surface area contributed by atoms with Crippen LogP contribution in [0, 0.1) is 0 Å². The molecule has 2 rings (SSSR count). The van der Waals surface area contributed by atoms with Crippen LogP contribution < -0.4 is 25.0 Å². The zero-order valence-corrected chi connectivity index (χ0v) is 16.0. The smallest absolute Gasteiger partial charge is 0.259 e. The fraction of sp³-hybridized carbons (Fsp3) is 0.300. The van der Waals surface area contributed by atoms with Gasteiger partial charge in [0.25, 0.3) is 5.91 Å². The molecule has 7 nitrogen and oxygen atoms in total. The molecule has 0 spiro atoms. The number of carbonyl (C=O) groups is 1. The van der Waals surface area contributed by atoms with Gasteiger partial charge in [0.15, 0.2) is 11.5 Å². The van der Waals surface area contributed by atoms with Crippen LogP contribution in [0.2, 0.25) is 0 Å². The molecule has 0 radical (unpaired) electrons. The summed E-state index contributed by atoms with van der Waals surface area (Å²) in [6, 6.07) is 12.9. The zero-order valence-electron chi connectivity index (χ0n) is 16.0. The fourth-order valence-electron chi connectivity index (χ4n) is 2.42. The Morgan fingerprint density at radius 3 is 2.26 bits per heavy atom. The maximum atomic E-state index is 12.1. The highest BCUT2D eigenvalue weighted by molar-refractivity contribution is 6.01. The van der Waals surface area contributed by atoms with E-state index in [4.69, 9.17) is 14.2 Å². The van der Waals surface area contributed by atoms with E-state index in [0.717, 1.165) is 22.7 Å². The number of methoxy groups -OCH3 is 3. The van der Waals surface area contributed by atoms with Crippen LogP contribution in [0.3, 0.4) is 0 Å². The van der Waals surface area contributed by atoms with Gasteiger partial charge in [-0.2, -0.15) is 5.10 Å². The molecule has 0 aromatic heterocycles. The van der Waals surface area contributed by atoms with Crippen molar-refractivity contribution in [3.63, 3.8) is 0 Å². The van der Waals surface area contributed by atoms with Crippen molar-refractivity contribution in [2.45, 2.75) is 13.3 Å². The van der Waals surface area contributed by atoms with Gasteiger partial charge in [0.05, 0.1) is 33.6 Å². The van der Waals surface area contributed by atoms with Crippen LogP contribution in [0.1, 0.15) is 18.9 Å². The largest absolute Gasteiger partial charge is 0.497 e. The average molecular weight is 371 g/mol. The predicted octanol–water partition coefficient (Wildman–Crippen LogP) is 3.05. The lowest BCUT2D eigenvalue weighted by molar-refractivity contribution is -0.119. The van der Waals surface area contributed by atoms with Gasteiger partial charge in [-0.15, -0.1) is 0 Å². The van der Waals surface area contributed by atoms with E-state index < -0.39 is 0 Å². The van der Waals surface area contributed by atoms with Gasteiger partial charge >= 0.3 is 0 Å². The molecule has 2 aromatic carbocycles. The molecular formula is C20H25N3O4. The Morgan fingerprint density at radius 2 is 1.67 bits per heavy atom. The lowest BCUT2D eigenvalue weighted by atomic mass is 10.1. The molecule has 0 fully saturated rings. The van der Waals surface area contributed by atoms with E-state index in [1.165, 1.54) is 0 Å². The van der Waals surface area contributed by atoms with Crippen molar-refractivity contribution < 1.29 is 19.0 Å². The molecule has 0 heterocycles. The van der Waals surface area contributed by atoms with Crippen LogP contribution >= 0.6 is 0 Å². The number of hydrazone groups is 1. The Labute approximate surface area is 159 Å². The zero-order chi connectivity index (χ0) is 19.6. The third-order valence-corrected chi connectivity index (χ3v) is 3.91. The van der Waals surface area contributed by atoms with Crippen molar-refractivity contribution in [3.05, 3.63) is 48.0 Å². The van der Waals surface area contributed by atoms with Crippen LogP contribution in [0.25, 0.3) is 0 Å². The van der Waals surface area contributed by atoms with Gasteiger partial charge in [-0.3, -0.25) is 4.79 Å². The van der Waals surface area contributed by atoms with Crippen LogP contribution in [0.5, 0.6) is 17.2 Å². The molecule has 27 heavy (non-hydrogen) atoms. The number of rotatable bonds is 9. The Hall–Kier alpha value is -3.22. The Bertz CT molecular complexity index is 788. The Kier molecular flexibility index (Phi) is 7.49. The molecule has 2 aromatic rings. The van der Waals surface area contributed by atoms with Gasteiger partial charge in [0, 0.05) is 11.3 Å². The Balaban J connectivity index is 1.98. The first-order chi connectivity index (χ1) is 13.1. The molecular weight excluding hydrogens is 346 g/mol. The number of nitrogens with zero attached hydrogens (tertiary/aromatic N) is 1. The van der Waals surface area contributed by atoms with E-state index in [-0.39, 0.29) is 12.5 Å². The summed E-state index contributed by atoms with van der Waals surface area (Å²) in [5.74, 6) is 1.78. The molecule has 0 aliphatic rings. The SMILES string of the molecule is CC/C(=N\NC(=O)CNc1ccc(OC)cc1)c1ccc(OC)c(OC)c1. The second kappa shape index (κ2) is 10.1. The number of amides is 1. The summed E-state index contributed by atoms with van der Waals surface area (Å²) in [4.78, 5) is 12.1. The Morgan fingerprint density at radius 1 is 0.963 bits per heavy atom. The molecule has 0 bridgehead atoms. The first-order valence-electron chi connectivity index (χ1n) is 8.57. The van der Waals surface area contributed by atoms with E-state index in [1.54, 1.807) is 21.3 Å². The van der Waals surface area contributed by atoms with Gasteiger partial charge in [-0.05, 0) is 48.9 Å². The molecule has 0 saturated heterocycles. The third kappa shape index (κ3) is 5.64. The van der Waals surface area contributed by atoms with Crippen molar-refractivity contribution in [1.29, 1.82) is 0 Å². The lowest BCUT2D eigenvalue weighted by Crippen LogP contribution is -2.27. The van der Waals surface area contributed by atoms with Crippen molar-refractivity contribution in [2.24, 2.45) is 5.10 Å². The molecule has 2 N–H and O–H groups in total. The molecule has 1 amide bonds. The second-order valence-electron chi connectivity index (χ2n) is 5.60. The minimum absolute atomic E-state index is 0.110. The summed E-state index contributed by atoms with van der Waals surface area (Å²) in [5.41, 5.74) is 5.01. The van der Waals surface area contributed by atoms with Crippen molar-refractivity contribution >= 4 is 17.3 Å². The molecule has 0 unspecified atom stereocenters. The minimum Gasteiger partial charge on any atom is -0.497 e. The topological polar surface area (TPSA) is 81.2 Å². The summed E-state index contributed by atoms with van der Waals surface area (Å²) < 4.78 is 15.7. The van der Waals surface area contributed by atoms with E-state index in [2.05, 4.69) is 15.8 Å². The summed E-state index contributed by atoms with van der Waals surface area (Å²) in [7, 11) is 4.77. The van der Waals surface area contributed by atoms with E-state index in [9.17, 15) is 4.79 Å². The average Bonchev–Trinajstić information content (AvgIpc) is 2.72. The number of anilines is 1. The maximum absolute atomic E-state index is 12.1. The van der Waals surface area contributed by atoms with Gasteiger partial charge in [0.1, 0.15) is 5.75 Å². The van der Waals surface area contributed by atoms with Gasteiger partial charge in [-0.1, -0.05) is 6.92 Å². The summed E-state index contributed by atoms with van der Waals surface area (Å²) in [6.07, 6.45) is 0.654. The highest BCUT2D eigenvalue weighted by Gasteiger charge is 2.09. The molecule has 0 saturated carbocycles. The van der Waals surface area contributed by atoms with Gasteiger partial charge in [0.2, 0.25) is 0 Å². The third-order valence-electron chi connectivity index (χ3n) is 3.91. The first kappa shape index (κ1) is 20.1. The van der Waals surface area contributed by atoms with Crippen LogP contribution in [-0.2, 0) is 4.79 Å². The lowest BCUT2D eigenvalue weighted by Gasteiger charge is -2.11. The normalized spacial score (nSPS) is 10.9. The number of carbonyl (C=O) groups excluding carboxylic acids is 1. The van der Waals surface area contributed by atoms with E-state index >= 15 is 0 Å².